The van der Waals surface area contributed by atoms with Gasteiger partial charge in [-0.15, -0.1) is 0 Å². The van der Waals surface area contributed by atoms with Crippen molar-refractivity contribution in [1.82, 2.24) is 10.2 Å². The maximum Gasteiger partial charge on any atom is 0.331 e. The van der Waals surface area contributed by atoms with Crippen LogP contribution >= 0.6 is 0 Å². The van der Waals surface area contributed by atoms with Gasteiger partial charge in [0.2, 0.25) is 11.8 Å². The van der Waals surface area contributed by atoms with Crippen molar-refractivity contribution in [2.45, 2.75) is 45.1 Å². The number of carbonyl (C=O) groups excluding carboxylic acids is 3. The third kappa shape index (κ3) is 1.28. The van der Waals surface area contributed by atoms with Crippen molar-refractivity contribution < 1.29 is 14.4 Å². The predicted octanol–water partition coefficient (Wildman–Crippen LogP) is 1.03. The van der Waals surface area contributed by atoms with Gasteiger partial charge in [-0.2, -0.15) is 0 Å². The van der Waals surface area contributed by atoms with Gasteiger partial charge in [-0.25, -0.2) is 4.79 Å². The minimum absolute atomic E-state index is 0.289. The van der Waals surface area contributed by atoms with Crippen molar-refractivity contribution in [3.05, 3.63) is 0 Å². The maximum atomic E-state index is 12.4. The monoisotopic (exact) mass is 236 g/mol. The van der Waals surface area contributed by atoms with Crippen molar-refractivity contribution in [2.24, 2.45) is 11.3 Å². The molecular formula is C12H16N2O3. The summed E-state index contributed by atoms with van der Waals surface area (Å²) in [4.78, 5) is 37.2. The number of nitrogens with zero attached hydrogens (tertiary/aromatic N) is 1. The van der Waals surface area contributed by atoms with Crippen LogP contribution in [-0.2, 0) is 9.59 Å². The molecule has 5 heteroatoms. The van der Waals surface area contributed by atoms with Crippen molar-refractivity contribution in [1.29, 1.82) is 0 Å². The summed E-state index contributed by atoms with van der Waals surface area (Å²) in [6.07, 6.45) is 3.24. The zero-order valence-electron chi connectivity index (χ0n) is 10.1. The van der Waals surface area contributed by atoms with Gasteiger partial charge in [0.1, 0.15) is 5.41 Å². The fourth-order valence-corrected chi connectivity index (χ4v) is 2.74. The van der Waals surface area contributed by atoms with Crippen molar-refractivity contribution in [2.75, 3.05) is 0 Å². The van der Waals surface area contributed by atoms with Gasteiger partial charge in [0, 0.05) is 5.54 Å². The minimum atomic E-state index is -0.917. The topological polar surface area (TPSA) is 66.5 Å². The SMILES string of the molecule is CC(C)(C1CC1)N1C(=O)NC(=O)C2(CC2)C1=O. The largest absolute Gasteiger partial charge is 0.331 e. The second-order valence-electron chi connectivity index (χ2n) is 5.91. The van der Waals surface area contributed by atoms with Crippen LogP contribution in [0.2, 0.25) is 0 Å². The summed E-state index contributed by atoms with van der Waals surface area (Å²) >= 11 is 0. The summed E-state index contributed by atoms with van der Waals surface area (Å²) in [6, 6.07) is -0.547. The van der Waals surface area contributed by atoms with E-state index in [1.807, 2.05) is 13.8 Å². The molecule has 1 N–H and O–H groups in total. The van der Waals surface area contributed by atoms with Crippen molar-refractivity contribution in [3.8, 4) is 0 Å². The Balaban J connectivity index is 1.96. The van der Waals surface area contributed by atoms with E-state index in [2.05, 4.69) is 5.32 Å². The number of hydrogen-bond acceptors (Lipinski definition) is 3. The number of hydrogen-bond donors (Lipinski definition) is 1. The van der Waals surface area contributed by atoms with Gasteiger partial charge in [0.15, 0.2) is 0 Å². The molecule has 1 spiro atoms. The molecule has 17 heavy (non-hydrogen) atoms. The quantitative estimate of drug-likeness (QED) is 0.728. The number of imide groups is 2. The molecule has 5 nitrogen and oxygen atoms in total. The lowest BCUT2D eigenvalue weighted by molar-refractivity contribution is -0.148. The van der Waals surface area contributed by atoms with E-state index in [4.69, 9.17) is 0 Å². The summed E-state index contributed by atoms with van der Waals surface area (Å²) in [7, 11) is 0. The van der Waals surface area contributed by atoms with Crippen LogP contribution in [0.1, 0.15) is 39.5 Å². The van der Waals surface area contributed by atoms with E-state index < -0.39 is 22.9 Å². The second-order valence-corrected chi connectivity index (χ2v) is 5.91. The van der Waals surface area contributed by atoms with Gasteiger partial charge in [0.25, 0.3) is 0 Å². The summed E-state index contributed by atoms with van der Waals surface area (Å²) in [6.45, 7) is 3.82. The van der Waals surface area contributed by atoms with E-state index in [0.717, 1.165) is 12.8 Å². The number of urea groups is 1. The van der Waals surface area contributed by atoms with Gasteiger partial charge < -0.3 is 0 Å². The van der Waals surface area contributed by atoms with E-state index in [-0.39, 0.29) is 5.91 Å². The van der Waals surface area contributed by atoms with Gasteiger partial charge >= 0.3 is 6.03 Å². The highest BCUT2D eigenvalue weighted by Crippen LogP contribution is 2.52. The summed E-state index contributed by atoms with van der Waals surface area (Å²) in [5.74, 6) is -0.320. The molecule has 3 fully saturated rings. The van der Waals surface area contributed by atoms with Crippen LogP contribution in [-0.4, -0.2) is 28.3 Å². The van der Waals surface area contributed by atoms with Crippen LogP contribution in [0.3, 0.4) is 0 Å². The summed E-state index contributed by atoms with van der Waals surface area (Å²) in [5.41, 5.74) is -1.39. The van der Waals surface area contributed by atoms with E-state index in [0.29, 0.717) is 18.8 Å². The van der Waals surface area contributed by atoms with Crippen LogP contribution in [0, 0.1) is 11.3 Å². The Hall–Kier alpha value is -1.39. The van der Waals surface area contributed by atoms with E-state index in [9.17, 15) is 14.4 Å². The van der Waals surface area contributed by atoms with Gasteiger partial charge in [-0.05, 0) is 45.4 Å². The highest BCUT2D eigenvalue weighted by atomic mass is 16.2. The molecule has 0 bridgehead atoms. The lowest BCUT2D eigenvalue weighted by atomic mass is 9.91. The smallest absolute Gasteiger partial charge is 0.277 e. The van der Waals surface area contributed by atoms with E-state index in [1.165, 1.54) is 4.90 Å². The van der Waals surface area contributed by atoms with Gasteiger partial charge in [-0.1, -0.05) is 0 Å². The molecule has 0 unspecified atom stereocenters. The van der Waals surface area contributed by atoms with Gasteiger partial charge in [0.05, 0.1) is 0 Å². The zero-order valence-corrected chi connectivity index (χ0v) is 10.1. The highest BCUT2D eigenvalue weighted by molar-refractivity contribution is 6.21. The van der Waals surface area contributed by atoms with Crippen molar-refractivity contribution >= 4 is 17.8 Å². The molecule has 1 saturated heterocycles. The number of nitrogens with one attached hydrogen (secondary N) is 1. The average molecular weight is 236 g/mol. The second kappa shape index (κ2) is 2.89. The minimum Gasteiger partial charge on any atom is -0.277 e. The Kier molecular flexibility index (Phi) is 1.83. The average Bonchev–Trinajstić information content (AvgIpc) is 3.10. The first-order chi connectivity index (χ1) is 7.89. The Morgan fingerprint density at radius 3 is 2.29 bits per heavy atom. The molecule has 0 aromatic carbocycles. The van der Waals surface area contributed by atoms with Gasteiger partial charge in [-0.3, -0.25) is 19.8 Å². The predicted molar refractivity (Wildman–Crippen MR) is 58.9 cm³/mol. The summed E-state index contributed by atoms with van der Waals surface area (Å²) in [5, 5.41) is 2.33. The normalized spacial score (nSPS) is 27.4. The van der Waals surface area contributed by atoms with Crippen LogP contribution in [0.25, 0.3) is 0 Å². The van der Waals surface area contributed by atoms with Crippen LogP contribution in [0.5, 0.6) is 0 Å². The molecule has 0 aromatic heterocycles. The first-order valence-corrected chi connectivity index (χ1v) is 6.10. The fourth-order valence-electron chi connectivity index (χ4n) is 2.74. The molecule has 0 radical (unpaired) electrons. The fraction of sp³-hybridized carbons (Fsp3) is 0.750. The molecule has 0 atom stereocenters. The Bertz CT molecular complexity index is 433. The lowest BCUT2D eigenvalue weighted by Gasteiger charge is -2.41. The molecular weight excluding hydrogens is 220 g/mol. The third-order valence-corrected chi connectivity index (χ3v) is 4.37. The van der Waals surface area contributed by atoms with Crippen LogP contribution in [0.15, 0.2) is 0 Å². The number of barbiturate groups is 1. The molecule has 2 aliphatic carbocycles. The summed E-state index contributed by atoms with van der Waals surface area (Å²) < 4.78 is 0. The number of carbonyl (C=O) groups is 3. The zero-order chi connectivity index (χ0) is 12.4. The van der Waals surface area contributed by atoms with Crippen molar-refractivity contribution in [3.63, 3.8) is 0 Å². The first-order valence-electron chi connectivity index (χ1n) is 6.10. The van der Waals surface area contributed by atoms with E-state index >= 15 is 0 Å². The van der Waals surface area contributed by atoms with Crippen LogP contribution in [0.4, 0.5) is 4.79 Å². The molecule has 3 aliphatic rings. The molecule has 0 aromatic rings. The number of rotatable bonds is 2. The highest BCUT2D eigenvalue weighted by Gasteiger charge is 2.65. The molecule has 1 heterocycles. The molecule has 2 saturated carbocycles. The maximum absolute atomic E-state index is 12.4. The third-order valence-electron chi connectivity index (χ3n) is 4.37. The van der Waals surface area contributed by atoms with E-state index in [1.54, 1.807) is 0 Å². The molecule has 3 rings (SSSR count). The number of amides is 4. The Labute approximate surface area is 99.5 Å². The molecule has 92 valence electrons. The first kappa shape index (κ1) is 10.7. The molecule has 4 amide bonds. The Morgan fingerprint density at radius 2 is 1.82 bits per heavy atom. The Morgan fingerprint density at radius 1 is 1.24 bits per heavy atom. The standard InChI is InChI=1S/C12H16N2O3/c1-11(2,7-3-4-7)14-9(16)12(5-6-12)8(15)13-10(14)17/h7H,3-6H2,1-2H3,(H,13,15,17). The molecule has 1 aliphatic heterocycles. The van der Waals surface area contributed by atoms with Crippen LogP contribution < -0.4 is 5.32 Å². The lowest BCUT2D eigenvalue weighted by Crippen LogP contribution is -2.65.